The first-order chi connectivity index (χ1) is 14.3. The Bertz CT molecular complexity index is 1090. The maximum absolute atomic E-state index is 12.6. The SMILES string of the molecule is COC(=O)COc1ccc(NC(=O)c2ccc(-n3nc(C)c(Cl)c3C)cc2)c(C)c1. The molecule has 0 unspecified atom stereocenters. The topological polar surface area (TPSA) is 82.5 Å². The molecule has 0 aliphatic rings. The molecule has 0 spiro atoms. The van der Waals surface area contributed by atoms with E-state index in [1.807, 2.05) is 32.9 Å². The van der Waals surface area contributed by atoms with Crippen LogP contribution in [0.2, 0.25) is 5.02 Å². The van der Waals surface area contributed by atoms with Gasteiger partial charge in [0.05, 0.1) is 29.2 Å². The molecule has 8 heteroatoms. The second-order valence-corrected chi connectivity index (χ2v) is 7.12. The lowest BCUT2D eigenvalue weighted by molar-refractivity contribution is -0.142. The zero-order valence-electron chi connectivity index (χ0n) is 17.2. The number of carbonyl (C=O) groups excluding carboxylic acids is 2. The van der Waals surface area contributed by atoms with Crippen molar-refractivity contribution in [1.82, 2.24) is 9.78 Å². The van der Waals surface area contributed by atoms with Gasteiger partial charge in [-0.3, -0.25) is 4.79 Å². The molecule has 0 saturated carbocycles. The Kier molecular flexibility index (Phi) is 6.42. The van der Waals surface area contributed by atoms with Gasteiger partial charge in [-0.25, -0.2) is 9.48 Å². The van der Waals surface area contributed by atoms with E-state index in [0.717, 1.165) is 22.6 Å². The molecular formula is C22H22ClN3O4. The van der Waals surface area contributed by atoms with E-state index >= 15 is 0 Å². The van der Waals surface area contributed by atoms with Crippen molar-refractivity contribution in [3.8, 4) is 11.4 Å². The molecule has 0 fully saturated rings. The summed E-state index contributed by atoms with van der Waals surface area (Å²) in [5, 5.41) is 7.93. The molecule has 0 bridgehead atoms. The number of hydrogen-bond donors (Lipinski definition) is 1. The van der Waals surface area contributed by atoms with Crippen molar-refractivity contribution in [3.63, 3.8) is 0 Å². The first kappa shape index (κ1) is 21.4. The maximum Gasteiger partial charge on any atom is 0.343 e. The number of esters is 1. The van der Waals surface area contributed by atoms with Crippen molar-refractivity contribution >= 4 is 29.2 Å². The summed E-state index contributed by atoms with van der Waals surface area (Å²) in [7, 11) is 1.30. The van der Waals surface area contributed by atoms with Crippen molar-refractivity contribution in [2.45, 2.75) is 20.8 Å². The van der Waals surface area contributed by atoms with Gasteiger partial charge < -0.3 is 14.8 Å². The summed E-state index contributed by atoms with van der Waals surface area (Å²) in [4.78, 5) is 23.8. The van der Waals surface area contributed by atoms with Crippen LogP contribution in [0.25, 0.3) is 5.69 Å². The monoisotopic (exact) mass is 427 g/mol. The Balaban J connectivity index is 1.70. The van der Waals surface area contributed by atoms with E-state index in [1.165, 1.54) is 7.11 Å². The van der Waals surface area contributed by atoms with Gasteiger partial charge in [-0.1, -0.05) is 11.6 Å². The van der Waals surface area contributed by atoms with Gasteiger partial charge in [0.1, 0.15) is 5.75 Å². The standard InChI is InChI=1S/C22H22ClN3O4/c1-13-11-18(30-12-20(27)29-4)9-10-19(13)24-22(28)16-5-7-17(8-6-16)26-15(3)21(23)14(2)25-26/h5-11H,12H2,1-4H3,(H,24,28). The third kappa shape index (κ3) is 4.63. The predicted molar refractivity (Wildman–Crippen MR) is 115 cm³/mol. The number of methoxy groups -OCH3 is 1. The molecule has 1 amide bonds. The van der Waals surface area contributed by atoms with Crippen molar-refractivity contribution < 1.29 is 19.1 Å². The van der Waals surface area contributed by atoms with Crippen LogP contribution >= 0.6 is 11.6 Å². The summed E-state index contributed by atoms with van der Waals surface area (Å²) >= 11 is 6.21. The second kappa shape index (κ2) is 9.00. The summed E-state index contributed by atoms with van der Waals surface area (Å²) in [6.07, 6.45) is 0. The minimum absolute atomic E-state index is 0.172. The fourth-order valence-corrected chi connectivity index (χ4v) is 3.01. The van der Waals surface area contributed by atoms with Crippen LogP contribution in [0.15, 0.2) is 42.5 Å². The third-order valence-corrected chi connectivity index (χ3v) is 5.15. The average Bonchev–Trinajstić information content (AvgIpc) is 3.01. The van der Waals surface area contributed by atoms with Gasteiger partial charge in [-0.15, -0.1) is 0 Å². The molecule has 3 aromatic rings. The molecule has 7 nitrogen and oxygen atoms in total. The van der Waals surface area contributed by atoms with Crippen LogP contribution in [0.4, 0.5) is 5.69 Å². The van der Waals surface area contributed by atoms with Gasteiger partial charge >= 0.3 is 5.97 Å². The first-order valence-corrected chi connectivity index (χ1v) is 9.61. The van der Waals surface area contributed by atoms with Gasteiger partial charge in [-0.05, 0) is 68.8 Å². The summed E-state index contributed by atoms with van der Waals surface area (Å²) in [6, 6.07) is 12.3. The van der Waals surface area contributed by atoms with E-state index in [-0.39, 0.29) is 12.5 Å². The lowest BCUT2D eigenvalue weighted by atomic mass is 10.1. The third-order valence-electron chi connectivity index (χ3n) is 4.61. The lowest BCUT2D eigenvalue weighted by Crippen LogP contribution is -2.14. The van der Waals surface area contributed by atoms with Crippen LogP contribution in [-0.4, -0.2) is 35.4 Å². The van der Waals surface area contributed by atoms with Crippen LogP contribution in [0, 0.1) is 20.8 Å². The minimum atomic E-state index is -0.462. The Hall–Kier alpha value is -3.32. The van der Waals surface area contributed by atoms with E-state index < -0.39 is 5.97 Å². The van der Waals surface area contributed by atoms with Crippen LogP contribution < -0.4 is 10.1 Å². The van der Waals surface area contributed by atoms with Crippen molar-refractivity contribution in [2.24, 2.45) is 0 Å². The number of ether oxygens (including phenoxy) is 2. The van der Waals surface area contributed by atoms with Gasteiger partial charge in [0.25, 0.3) is 5.91 Å². The highest BCUT2D eigenvalue weighted by Crippen LogP contribution is 2.24. The second-order valence-electron chi connectivity index (χ2n) is 6.74. The molecule has 0 aliphatic carbocycles. The van der Waals surface area contributed by atoms with Crippen LogP contribution in [0.5, 0.6) is 5.75 Å². The van der Waals surface area contributed by atoms with E-state index in [4.69, 9.17) is 16.3 Å². The summed E-state index contributed by atoms with van der Waals surface area (Å²) < 4.78 is 11.6. The number of aromatic nitrogens is 2. The summed E-state index contributed by atoms with van der Waals surface area (Å²) in [6.45, 7) is 5.41. The molecule has 0 radical (unpaired) electrons. The Morgan fingerprint density at radius 3 is 2.37 bits per heavy atom. The Morgan fingerprint density at radius 2 is 1.80 bits per heavy atom. The molecule has 1 heterocycles. The number of aryl methyl sites for hydroxylation is 2. The molecule has 30 heavy (non-hydrogen) atoms. The molecule has 0 aliphatic heterocycles. The number of rotatable bonds is 6. The fraction of sp³-hybridized carbons (Fsp3) is 0.227. The quantitative estimate of drug-likeness (QED) is 0.594. The zero-order valence-corrected chi connectivity index (χ0v) is 17.9. The highest BCUT2D eigenvalue weighted by Gasteiger charge is 2.13. The summed E-state index contributed by atoms with van der Waals surface area (Å²) in [5.41, 5.74) is 4.39. The normalized spacial score (nSPS) is 10.6. The highest BCUT2D eigenvalue weighted by atomic mass is 35.5. The van der Waals surface area contributed by atoms with Crippen molar-refractivity contribution in [3.05, 3.63) is 70.0 Å². The number of nitrogens with zero attached hydrogens (tertiary/aromatic N) is 2. The number of benzene rings is 2. The Morgan fingerprint density at radius 1 is 1.10 bits per heavy atom. The molecule has 1 aromatic heterocycles. The number of hydrogen-bond acceptors (Lipinski definition) is 5. The average molecular weight is 428 g/mol. The first-order valence-electron chi connectivity index (χ1n) is 9.24. The maximum atomic E-state index is 12.6. The Labute approximate surface area is 179 Å². The molecule has 156 valence electrons. The van der Waals surface area contributed by atoms with E-state index in [9.17, 15) is 9.59 Å². The van der Waals surface area contributed by atoms with Crippen LogP contribution in [0.3, 0.4) is 0 Å². The fourth-order valence-electron chi connectivity index (χ4n) is 2.89. The number of halogens is 1. The molecule has 2 aromatic carbocycles. The molecule has 3 rings (SSSR count). The molecule has 0 saturated heterocycles. The zero-order chi connectivity index (χ0) is 21.8. The van der Waals surface area contributed by atoms with Gasteiger partial charge in [-0.2, -0.15) is 5.10 Å². The molecule has 0 atom stereocenters. The highest BCUT2D eigenvalue weighted by molar-refractivity contribution is 6.31. The largest absolute Gasteiger partial charge is 0.482 e. The summed E-state index contributed by atoms with van der Waals surface area (Å²) in [5.74, 6) is -0.181. The predicted octanol–water partition coefficient (Wildman–Crippen LogP) is 4.26. The molecule has 1 N–H and O–H groups in total. The number of nitrogens with one attached hydrogen (secondary N) is 1. The van der Waals surface area contributed by atoms with Crippen molar-refractivity contribution in [2.75, 3.05) is 19.0 Å². The van der Waals surface area contributed by atoms with Crippen molar-refractivity contribution in [1.29, 1.82) is 0 Å². The van der Waals surface area contributed by atoms with Crippen LogP contribution in [-0.2, 0) is 9.53 Å². The minimum Gasteiger partial charge on any atom is -0.482 e. The van der Waals surface area contributed by atoms with E-state index in [1.54, 1.807) is 35.0 Å². The van der Waals surface area contributed by atoms with Gasteiger partial charge in [0.2, 0.25) is 0 Å². The van der Waals surface area contributed by atoms with E-state index in [2.05, 4.69) is 15.2 Å². The number of anilines is 1. The molecular weight excluding hydrogens is 406 g/mol. The number of amides is 1. The van der Waals surface area contributed by atoms with E-state index in [0.29, 0.717) is 22.0 Å². The van der Waals surface area contributed by atoms with Gasteiger partial charge in [0, 0.05) is 11.3 Å². The van der Waals surface area contributed by atoms with Gasteiger partial charge in [0.15, 0.2) is 6.61 Å². The lowest BCUT2D eigenvalue weighted by Gasteiger charge is -2.11. The number of carbonyl (C=O) groups is 2. The van der Waals surface area contributed by atoms with Crippen LogP contribution in [0.1, 0.15) is 27.3 Å². The smallest absolute Gasteiger partial charge is 0.343 e.